The molecule has 0 bridgehead atoms. The zero-order valence-electron chi connectivity index (χ0n) is 17.2. The molecule has 2 aliphatic rings. The summed E-state index contributed by atoms with van der Waals surface area (Å²) in [4.78, 5) is 29.1. The van der Waals surface area contributed by atoms with Crippen LogP contribution in [0.2, 0.25) is 0 Å². The van der Waals surface area contributed by atoms with Crippen LogP contribution in [0.15, 0.2) is 36.4 Å². The molecule has 32 heavy (non-hydrogen) atoms. The van der Waals surface area contributed by atoms with Gasteiger partial charge in [-0.15, -0.1) is 0 Å². The van der Waals surface area contributed by atoms with Gasteiger partial charge in [-0.1, -0.05) is 12.1 Å². The first-order valence-corrected chi connectivity index (χ1v) is 10.5. The van der Waals surface area contributed by atoms with Crippen LogP contribution in [0.4, 0.5) is 23.2 Å². The monoisotopic (exact) mass is 450 g/mol. The summed E-state index contributed by atoms with van der Waals surface area (Å²) in [6.45, 7) is -2.32. The molecule has 1 saturated heterocycles. The number of carbonyl (C=O) groups is 2. The van der Waals surface area contributed by atoms with Crippen molar-refractivity contribution in [2.75, 3.05) is 24.5 Å². The fraction of sp³-hybridized carbons (Fsp3) is 0.391. The number of nitrogens with zero attached hydrogens (tertiary/aromatic N) is 2. The summed E-state index contributed by atoms with van der Waals surface area (Å²) in [5, 5.41) is 0. The number of rotatable bonds is 4. The number of para-hydroxylation sites is 1. The molecule has 2 amide bonds. The first-order chi connectivity index (χ1) is 15.3. The van der Waals surface area contributed by atoms with Gasteiger partial charge in [-0.3, -0.25) is 9.59 Å². The third kappa shape index (κ3) is 4.42. The molecule has 0 aromatic heterocycles. The van der Waals surface area contributed by atoms with Crippen LogP contribution in [0, 0.1) is 17.6 Å². The molecule has 0 radical (unpaired) electrons. The molecule has 2 aliphatic heterocycles. The molecule has 4 rings (SSSR count). The van der Waals surface area contributed by atoms with Crippen LogP contribution in [0.3, 0.4) is 0 Å². The van der Waals surface area contributed by atoms with E-state index in [1.54, 1.807) is 6.07 Å². The minimum Gasteiger partial charge on any atom is -0.434 e. The van der Waals surface area contributed by atoms with Crippen LogP contribution in [-0.2, 0) is 11.2 Å². The molecule has 170 valence electrons. The van der Waals surface area contributed by atoms with Crippen molar-refractivity contribution in [3.05, 3.63) is 59.2 Å². The largest absolute Gasteiger partial charge is 0.434 e. The van der Waals surface area contributed by atoms with Crippen molar-refractivity contribution >= 4 is 17.5 Å². The lowest BCUT2D eigenvalue weighted by molar-refractivity contribution is -0.123. The van der Waals surface area contributed by atoms with Crippen LogP contribution in [0.1, 0.15) is 35.2 Å². The van der Waals surface area contributed by atoms with Crippen LogP contribution < -0.4 is 9.64 Å². The van der Waals surface area contributed by atoms with Gasteiger partial charge in [0.25, 0.3) is 5.91 Å². The van der Waals surface area contributed by atoms with Crippen molar-refractivity contribution in [3.63, 3.8) is 0 Å². The first kappa shape index (κ1) is 22.1. The highest BCUT2D eigenvalue weighted by Gasteiger charge is 2.35. The number of likely N-dealkylation sites (tertiary alicyclic amines) is 1. The van der Waals surface area contributed by atoms with Crippen LogP contribution >= 0.6 is 0 Å². The van der Waals surface area contributed by atoms with Crippen LogP contribution in [-0.4, -0.2) is 43.0 Å². The van der Waals surface area contributed by atoms with E-state index in [1.807, 2.05) is 0 Å². The highest BCUT2D eigenvalue weighted by Crippen LogP contribution is 2.34. The molecule has 1 atom stereocenters. The third-order valence-electron chi connectivity index (χ3n) is 5.86. The quantitative estimate of drug-likeness (QED) is 0.649. The van der Waals surface area contributed by atoms with Crippen molar-refractivity contribution in [1.82, 2.24) is 4.90 Å². The van der Waals surface area contributed by atoms with E-state index < -0.39 is 30.1 Å². The fourth-order valence-electron chi connectivity index (χ4n) is 4.47. The second-order valence-corrected chi connectivity index (χ2v) is 7.95. The predicted molar refractivity (Wildman–Crippen MR) is 109 cm³/mol. The summed E-state index contributed by atoms with van der Waals surface area (Å²) >= 11 is 0. The molecule has 0 saturated carbocycles. The maximum atomic E-state index is 14.5. The normalized spacial score (nSPS) is 18.5. The predicted octanol–water partition coefficient (Wildman–Crippen LogP) is 4.40. The third-order valence-corrected chi connectivity index (χ3v) is 5.86. The summed E-state index contributed by atoms with van der Waals surface area (Å²) in [6.07, 6.45) is 2.10. The Hall–Kier alpha value is -3.10. The highest BCUT2D eigenvalue weighted by atomic mass is 19.3. The van der Waals surface area contributed by atoms with Gasteiger partial charge in [-0.25, -0.2) is 8.78 Å². The standard InChI is InChI=1S/C23H22F4N2O3/c24-16-11-14-5-4-10-29(20(14)18(25)12-16)21(30)15-6-3-9-28(13-15)22(31)17-7-1-2-8-19(17)32-23(26)27/h1-2,7-8,11-12,15,23H,3-6,9-10,13H2. The number of ether oxygens (including phenoxy) is 1. The van der Waals surface area contributed by atoms with Gasteiger partial charge in [0.2, 0.25) is 5.91 Å². The molecule has 2 aromatic rings. The zero-order valence-corrected chi connectivity index (χ0v) is 17.2. The number of hydrogen-bond acceptors (Lipinski definition) is 3. The minimum atomic E-state index is -3.07. The van der Waals surface area contributed by atoms with Crippen molar-refractivity contribution in [2.45, 2.75) is 32.3 Å². The molecule has 1 unspecified atom stereocenters. The number of benzene rings is 2. The Morgan fingerprint density at radius 3 is 2.62 bits per heavy atom. The average Bonchev–Trinajstić information content (AvgIpc) is 2.77. The lowest BCUT2D eigenvalue weighted by atomic mass is 9.93. The summed E-state index contributed by atoms with van der Waals surface area (Å²) in [5.74, 6) is -3.11. The van der Waals surface area contributed by atoms with E-state index in [1.165, 1.54) is 34.1 Å². The number of carbonyl (C=O) groups excluding carboxylic acids is 2. The van der Waals surface area contributed by atoms with Crippen LogP contribution in [0.5, 0.6) is 5.75 Å². The SMILES string of the molecule is O=C(c1ccccc1OC(F)F)N1CCCC(C(=O)N2CCCc3cc(F)cc(F)c32)C1. The molecule has 0 N–H and O–H groups in total. The number of hydrogen-bond donors (Lipinski definition) is 0. The molecule has 9 heteroatoms. The summed E-state index contributed by atoms with van der Waals surface area (Å²) in [5.41, 5.74) is 0.538. The van der Waals surface area contributed by atoms with Gasteiger partial charge in [-0.05, 0) is 49.4 Å². The van der Waals surface area contributed by atoms with Gasteiger partial charge in [-0.2, -0.15) is 8.78 Å². The molecule has 5 nitrogen and oxygen atoms in total. The molecule has 0 spiro atoms. The van der Waals surface area contributed by atoms with Crippen molar-refractivity contribution < 1.29 is 31.9 Å². The van der Waals surface area contributed by atoms with Gasteiger partial charge in [0, 0.05) is 25.7 Å². The maximum absolute atomic E-state index is 14.5. The number of alkyl halides is 2. The number of anilines is 1. The molecule has 2 aromatic carbocycles. The minimum absolute atomic E-state index is 0.00858. The number of aryl methyl sites for hydroxylation is 1. The van der Waals surface area contributed by atoms with Crippen LogP contribution in [0.25, 0.3) is 0 Å². The molecular formula is C23H22F4N2O3. The zero-order chi connectivity index (χ0) is 22.8. The lowest BCUT2D eigenvalue weighted by Crippen LogP contribution is -2.48. The van der Waals surface area contributed by atoms with Crippen molar-refractivity contribution in [2.24, 2.45) is 5.92 Å². The number of halogens is 4. The van der Waals surface area contributed by atoms with Crippen molar-refractivity contribution in [1.29, 1.82) is 0 Å². The molecular weight excluding hydrogens is 428 g/mol. The van der Waals surface area contributed by atoms with E-state index in [0.717, 1.165) is 6.07 Å². The lowest BCUT2D eigenvalue weighted by Gasteiger charge is -2.37. The number of fused-ring (bicyclic) bond motifs is 1. The second-order valence-electron chi connectivity index (χ2n) is 7.95. The van der Waals surface area contributed by atoms with Gasteiger partial charge in [0.15, 0.2) is 0 Å². The Morgan fingerprint density at radius 1 is 1.06 bits per heavy atom. The van der Waals surface area contributed by atoms with Gasteiger partial charge < -0.3 is 14.5 Å². The summed E-state index contributed by atoms with van der Waals surface area (Å²) in [6, 6.07) is 7.73. The van der Waals surface area contributed by atoms with E-state index in [9.17, 15) is 27.2 Å². The molecule has 2 heterocycles. The number of amides is 2. The Labute approximate surface area is 182 Å². The molecule has 1 fully saturated rings. The van der Waals surface area contributed by atoms with E-state index >= 15 is 0 Å². The molecule has 0 aliphatic carbocycles. The fourth-order valence-corrected chi connectivity index (χ4v) is 4.47. The first-order valence-electron chi connectivity index (χ1n) is 10.5. The average molecular weight is 450 g/mol. The summed E-state index contributed by atoms with van der Waals surface area (Å²) in [7, 11) is 0. The van der Waals surface area contributed by atoms with Gasteiger partial charge >= 0.3 is 6.61 Å². The Balaban J connectivity index is 1.53. The van der Waals surface area contributed by atoms with Crippen molar-refractivity contribution in [3.8, 4) is 5.75 Å². The Morgan fingerprint density at radius 2 is 1.84 bits per heavy atom. The highest BCUT2D eigenvalue weighted by molar-refractivity contribution is 5.99. The maximum Gasteiger partial charge on any atom is 0.387 e. The van der Waals surface area contributed by atoms with E-state index in [0.29, 0.717) is 44.3 Å². The van der Waals surface area contributed by atoms with Gasteiger partial charge in [0.05, 0.1) is 17.2 Å². The Bertz CT molecular complexity index is 1030. The topological polar surface area (TPSA) is 49.9 Å². The van der Waals surface area contributed by atoms with E-state index in [-0.39, 0.29) is 29.5 Å². The number of piperidine rings is 1. The Kier molecular flexibility index (Phi) is 6.34. The summed E-state index contributed by atoms with van der Waals surface area (Å²) < 4.78 is 58.0. The van der Waals surface area contributed by atoms with E-state index in [2.05, 4.69) is 4.74 Å². The van der Waals surface area contributed by atoms with E-state index in [4.69, 9.17) is 0 Å². The second kappa shape index (κ2) is 9.18. The smallest absolute Gasteiger partial charge is 0.387 e. The van der Waals surface area contributed by atoms with Gasteiger partial charge in [0.1, 0.15) is 17.4 Å².